The van der Waals surface area contributed by atoms with Crippen molar-refractivity contribution in [1.82, 2.24) is 14.7 Å². The number of anilines is 1. The van der Waals surface area contributed by atoms with Crippen LogP contribution in [0.3, 0.4) is 0 Å². The number of ether oxygens (including phenoxy) is 1. The first-order chi connectivity index (χ1) is 9.51. The lowest BCUT2D eigenvalue weighted by atomic mass is 10.1. The first kappa shape index (κ1) is 13.9. The average Bonchev–Trinajstić information content (AvgIpc) is 2.83. The zero-order chi connectivity index (χ0) is 14.7. The summed E-state index contributed by atoms with van der Waals surface area (Å²) in [5.41, 5.74) is 7.69. The van der Waals surface area contributed by atoms with Gasteiger partial charge in [0, 0.05) is 38.1 Å². The minimum absolute atomic E-state index is 0.141. The Balaban J connectivity index is 2.20. The molecule has 1 aromatic carbocycles. The normalized spacial score (nSPS) is 10.3. The smallest absolute Gasteiger partial charge is 0.257 e. The van der Waals surface area contributed by atoms with Crippen LogP contribution >= 0.6 is 0 Å². The molecule has 0 unspecified atom stereocenters. The number of carbonyl (C=O) groups excluding carboxylic acids is 1. The molecule has 0 radical (unpaired) electrons. The van der Waals surface area contributed by atoms with Crippen LogP contribution in [0.5, 0.6) is 5.75 Å². The van der Waals surface area contributed by atoms with Gasteiger partial charge in [0.05, 0.1) is 18.9 Å². The van der Waals surface area contributed by atoms with Gasteiger partial charge in [0.1, 0.15) is 5.75 Å². The van der Waals surface area contributed by atoms with Crippen molar-refractivity contribution in [2.75, 3.05) is 19.9 Å². The van der Waals surface area contributed by atoms with Crippen molar-refractivity contribution < 1.29 is 9.53 Å². The second-order valence-electron chi connectivity index (χ2n) is 4.64. The van der Waals surface area contributed by atoms with E-state index in [1.807, 2.05) is 13.2 Å². The molecule has 0 fully saturated rings. The molecule has 106 valence electrons. The van der Waals surface area contributed by atoms with Crippen molar-refractivity contribution in [1.29, 1.82) is 0 Å². The van der Waals surface area contributed by atoms with Crippen LogP contribution in [-0.2, 0) is 13.6 Å². The lowest BCUT2D eigenvalue weighted by Gasteiger charge is -2.18. The number of rotatable bonds is 4. The summed E-state index contributed by atoms with van der Waals surface area (Å²) in [6.45, 7) is 0.477. The molecular formula is C14H18N4O2. The minimum atomic E-state index is -0.141. The van der Waals surface area contributed by atoms with Crippen molar-refractivity contribution in [3.8, 4) is 5.75 Å². The number of aromatic nitrogens is 2. The Morgan fingerprint density at radius 3 is 2.85 bits per heavy atom. The van der Waals surface area contributed by atoms with Crippen LogP contribution in [0, 0.1) is 0 Å². The predicted molar refractivity (Wildman–Crippen MR) is 76.4 cm³/mol. The molecule has 0 saturated carbocycles. The summed E-state index contributed by atoms with van der Waals surface area (Å²) < 4.78 is 6.91. The van der Waals surface area contributed by atoms with E-state index in [0.717, 1.165) is 5.56 Å². The molecule has 0 aliphatic heterocycles. The van der Waals surface area contributed by atoms with E-state index in [-0.39, 0.29) is 5.91 Å². The molecule has 0 bridgehead atoms. The molecular weight excluding hydrogens is 256 g/mol. The highest BCUT2D eigenvalue weighted by molar-refractivity contribution is 5.97. The van der Waals surface area contributed by atoms with Crippen molar-refractivity contribution in [3.05, 3.63) is 41.7 Å². The molecule has 0 aliphatic carbocycles. The molecule has 0 spiro atoms. The van der Waals surface area contributed by atoms with Gasteiger partial charge in [0.25, 0.3) is 5.91 Å². The van der Waals surface area contributed by atoms with Crippen molar-refractivity contribution in [2.24, 2.45) is 7.05 Å². The topological polar surface area (TPSA) is 73.4 Å². The fourth-order valence-corrected chi connectivity index (χ4v) is 2.00. The average molecular weight is 274 g/mol. The number of benzene rings is 1. The molecule has 1 heterocycles. The summed E-state index contributed by atoms with van der Waals surface area (Å²) in [5, 5.41) is 4.08. The van der Waals surface area contributed by atoms with Crippen molar-refractivity contribution in [3.63, 3.8) is 0 Å². The molecule has 20 heavy (non-hydrogen) atoms. The molecule has 2 rings (SSSR count). The Bertz CT molecular complexity index is 621. The zero-order valence-electron chi connectivity index (χ0n) is 11.8. The number of carbonyl (C=O) groups is 1. The van der Waals surface area contributed by atoms with Crippen LogP contribution in [0.15, 0.2) is 30.6 Å². The summed E-state index contributed by atoms with van der Waals surface area (Å²) in [6, 6.07) is 5.03. The quantitative estimate of drug-likeness (QED) is 0.852. The molecule has 6 heteroatoms. The van der Waals surface area contributed by atoms with Crippen LogP contribution in [0.2, 0.25) is 0 Å². The Morgan fingerprint density at radius 2 is 2.25 bits per heavy atom. The van der Waals surface area contributed by atoms with Gasteiger partial charge in [-0.3, -0.25) is 9.48 Å². The molecule has 1 aromatic heterocycles. The Morgan fingerprint density at radius 1 is 1.50 bits per heavy atom. The van der Waals surface area contributed by atoms with Gasteiger partial charge in [-0.15, -0.1) is 0 Å². The second kappa shape index (κ2) is 5.64. The van der Waals surface area contributed by atoms with E-state index in [4.69, 9.17) is 10.5 Å². The van der Waals surface area contributed by atoms with Crippen molar-refractivity contribution >= 4 is 11.6 Å². The molecule has 0 aliphatic rings. The highest BCUT2D eigenvalue weighted by atomic mass is 16.5. The highest BCUT2D eigenvalue weighted by Crippen LogP contribution is 2.22. The Kier molecular flexibility index (Phi) is 3.93. The van der Waals surface area contributed by atoms with Crippen molar-refractivity contribution in [2.45, 2.75) is 6.54 Å². The van der Waals surface area contributed by atoms with Gasteiger partial charge in [-0.25, -0.2) is 0 Å². The molecule has 2 aromatic rings. The Hall–Kier alpha value is -2.50. The summed E-state index contributed by atoms with van der Waals surface area (Å²) >= 11 is 0. The van der Waals surface area contributed by atoms with Gasteiger partial charge in [-0.2, -0.15) is 5.10 Å². The number of amides is 1. The van der Waals surface area contributed by atoms with Gasteiger partial charge in [0.15, 0.2) is 0 Å². The number of hydrogen-bond acceptors (Lipinski definition) is 4. The van der Waals surface area contributed by atoms with E-state index in [0.29, 0.717) is 23.5 Å². The van der Waals surface area contributed by atoms with E-state index in [2.05, 4.69) is 5.10 Å². The first-order valence-electron chi connectivity index (χ1n) is 6.17. The fraction of sp³-hybridized carbons (Fsp3) is 0.286. The third-order valence-electron chi connectivity index (χ3n) is 2.98. The lowest BCUT2D eigenvalue weighted by Crippen LogP contribution is -2.26. The molecule has 1 amide bonds. The van der Waals surface area contributed by atoms with Gasteiger partial charge in [-0.05, 0) is 18.2 Å². The number of nitrogen functional groups attached to an aromatic ring is 1. The first-order valence-corrected chi connectivity index (χ1v) is 6.17. The van der Waals surface area contributed by atoms with Crippen LogP contribution < -0.4 is 10.5 Å². The monoisotopic (exact) mass is 274 g/mol. The predicted octanol–water partition coefficient (Wildman–Crippen LogP) is 1.28. The van der Waals surface area contributed by atoms with Gasteiger partial charge >= 0.3 is 0 Å². The van der Waals surface area contributed by atoms with Gasteiger partial charge in [-0.1, -0.05) is 0 Å². The minimum Gasteiger partial charge on any atom is -0.496 e. The number of hydrogen-bond donors (Lipinski definition) is 1. The van der Waals surface area contributed by atoms with E-state index in [9.17, 15) is 4.79 Å². The number of nitrogens with two attached hydrogens (primary N) is 1. The number of aryl methyl sites for hydroxylation is 1. The van der Waals surface area contributed by atoms with E-state index >= 15 is 0 Å². The highest BCUT2D eigenvalue weighted by Gasteiger charge is 2.17. The van der Waals surface area contributed by atoms with Gasteiger partial charge in [0.2, 0.25) is 0 Å². The maximum absolute atomic E-state index is 12.5. The van der Waals surface area contributed by atoms with Crippen LogP contribution in [-0.4, -0.2) is 34.7 Å². The standard InChI is InChI=1S/C14H18N4O2/c1-17(8-10-7-16-18(2)9-10)14(19)12-6-11(15)4-5-13(12)20-3/h4-7,9H,8,15H2,1-3H3. The molecule has 0 saturated heterocycles. The van der Waals surface area contributed by atoms with Crippen LogP contribution in [0.4, 0.5) is 5.69 Å². The SMILES string of the molecule is COc1ccc(N)cc1C(=O)N(C)Cc1cnn(C)c1. The zero-order valence-corrected chi connectivity index (χ0v) is 11.8. The van der Waals surface area contributed by atoms with E-state index in [1.54, 1.807) is 41.0 Å². The third-order valence-corrected chi connectivity index (χ3v) is 2.98. The second-order valence-corrected chi connectivity index (χ2v) is 4.64. The molecule has 6 nitrogen and oxygen atoms in total. The summed E-state index contributed by atoms with van der Waals surface area (Å²) in [6.07, 6.45) is 3.61. The summed E-state index contributed by atoms with van der Waals surface area (Å²) in [7, 11) is 5.10. The van der Waals surface area contributed by atoms with Gasteiger partial charge < -0.3 is 15.4 Å². The maximum Gasteiger partial charge on any atom is 0.257 e. The fourth-order valence-electron chi connectivity index (χ4n) is 2.00. The molecule has 2 N–H and O–H groups in total. The summed E-state index contributed by atoms with van der Waals surface area (Å²) in [5.74, 6) is 0.375. The van der Waals surface area contributed by atoms with Crippen LogP contribution in [0.1, 0.15) is 15.9 Å². The van der Waals surface area contributed by atoms with Crippen LogP contribution in [0.25, 0.3) is 0 Å². The maximum atomic E-state index is 12.5. The van der Waals surface area contributed by atoms with E-state index in [1.165, 1.54) is 7.11 Å². The third kappa shape index (κ3) is 2.90. The number of nitrogens with zero attached hydrogens (tertiary/aromatic N) is 3. The largest absolute Gasteiger partial charge is 0.496 e. The molecule has 0 atom stereocenters. The lowest BCUT2D eigenvalue weighted by molar-refractivity contribution is 0.0782. The number of methoxy groups -OCH3 is 1. The van der Waals surface area contributed by atoms with E-state index < -0.39 is 0 Å². The summed E-state index contributed by atoms with van der Waals surface area (Å²) in [4.78, 5) is 14.1. The Labute approximate surface area is 117 Å².